The number of halogens is 1. The fourth-order valence-corrected chi connectivity index (χ4v) is 5.88. The Morgan fingerprint density at radius 2 is 1.74 bits per heavy atom. The number of rotatable bonds is 8. The van der Waals surface area contributed by atoms with Crippen molar-refractivity contribution in [1.82, 2.24) is 20.0 Å². The van der Waals surface area contributed by atoms with Crippen molar-refractivity contribution in [3.05, 3.63) is 35.6 Å². The van der Waals surface area contributed by atoms with Gasteiger partial charge in [-0.3, -0.25) is 14.5 Å². The van der Waals surface area contributed by atoms with Crippen LogP contribution < -0.4 is 5.32 Å². The molecule has 1 unspecified atom stereocenters. The highest BCUT2D eigenvalue weighted by Gasteiger charge is 2.56. The van der Waals surface area contributed by atoms with Crippen LogP contribution in [0.4, 0.5) is 9.18 Å². The normalized spacial score (nSPS) is 24.4. The van der Waals surface area contributed by atoms with Gasteiger partial charge in [-0.15, -0.1) is 0 Å². The number of hydrogen-bond donors (Lipinski definition) is 1. The van der Waals surface area contributed by atoms with Gasteiger partial charge in [0.2, 0.25) is 5.91 Å². The van der Waals surface area contributed by atoms with Crippen LogP contribution in [0.25, 0.3) is 0 Å². The SMILES string of the molecule is CN(C)CCCN1C(=O)NC(Cc2ccc(F)cc2)(C2CCN(C(=O)C3CCCC3)CC2)C1=O. The number of carbonyl (C=O) groups excluding carboxylic acids is 3. The maximum absolute atomic E-state index is 13.8. The van der Waals surface area contributed by atoms with Gasteiger partial charge in [0.1, 0.15) is 11.4 Å². The maximum atomic E-state index is 13.8. The number of carbonyl (C=O) groups is 3. The van der Waals surface area contributed by atoms with Crippen LogP contribution in [-0.4, -0.2) is 78.4 Å². The molecule has 0 bridgehead atoms. The van der Waals surface area contributed by atoms with Gasteiger partial charge in [-0.1, -0.05) is 25.0 Å². The first-order valence-electron chi connectivity index (χ1n) is 12.6. The first-order valence-corrected chi connectivity index (χ1v) is 12.6. The average molecular weight is 473 g/mol. The quantitative estimate of drug-likeness (QED) is 0.591. The first-order chi connectivity index (χ1) is 16.3. The van der Waals surface area contributed by atoms with Crippen LogP contribution in [0.15, 0.2) is 24.3 Å². The molecule has 8 heteroatoms. The van der Waals surface area contributed by atoms with Gasteiger partial charge < -0.3 is 15.1 Å². The lowest BCUT2D eigenvalue weighted by atomic mass is 9.73. The Labute approximate surface area is 201 Å². The van der Waals surface area contributed by atoms with Crippen molar-refractivity contribution in [2.45, 2.75) is 56.9 Å². The molecule has 1 N–H and O–H groups in total. The maximum Gasteiger partial charge on any atom is 0.325 e. The summed E-state index contributed by atoms with van der Waals surface area (Å²) in [6, 6.07) is 5.80. The molecule has 3 aliphatic rings. The largest absolute Gasteiger partial charge is 0.342 e. The standard InChI is InChI=1S/C26H37FN4O3/c1-29(2)14-5-15-31-24(33)26(28-25(31)34,18-19-8-10-22(27)11-9-19)21-12-16-30(17-13-21)23(32)20-6-3-4-7-20/h8-11,20-21H,3-7,12-18H2,1-2H3,(H,28,34). The minimum Gasteiger partial charge on any atom is -0.342 e. The van der Waals surface area contributed by atoms with Crippen LogP contribution in [-0.2, 0) is 16.0 Å². The summed E-state index contributed by atoms with van der Waals surface area (Å²) in [5.74, 6) is -0.217. The molecule has 1 aliphatic carbocycles. The molecular weight excluding hydrogens is 435 g/mol. The average Bonchev–Trinajstić information content (AvgIpc) is 3.44. The molecule has 2 heterocycles. The highest BCUT2D eigenvalue weighted by atomic mass is 19.1. The van der Waals surface area contributed by atoms with Crippen LogP contribution in [0, 0.1) is 17.7 Å². The molecule has 4 amide bonds. The lowest BCUT2D eigenvalue weighted by Crippen LogP contribution is -2.58. The summed E-state index contributed by atoms with van der Waals surface area (Å²) in [5.41, 5.74) is -0.246. The summed E-state index contributed by atoms with van der Waals surface area (Å²) in [6.07, 6.45) is 6.55. The van der Waals surface area contributed by atoms with Crippen molar-refractivity contribution < 1.29 is 18.8 Å². The Balaban J connectivity index is 1.51. The number of nitrogens with one attached hydrogen (secondary N) is 1. The number of urea groups is 1. The minimum absolute atomic E-state index is 0.0829. The molecule has 4 rings (SSSR count). The van der Waals surface area contributed by atoms with Crippen LogP contribution in [0.3, 0.4) is 0 Å². The van der Waals surface area contributed by atoms with Crippen LogP contribution in [0.5, 0.6) is 0 Å². The predicted octanol–water partition coefficient (Wildman–Crippen LogP) is 3.04. The molecule has 186 valence electrons. The summed E-state index contributed by atoms with van der Waals surface area (Å²) in [5, 5.41) is 3.06. The fraction of sp³-hybridized carbons (Fsp3) is 0.654. The number of hydrogen-bond acceptors (Lipinski definition) is 4. The van der Waals surface area contributed by atoms with E-state index in [0.717, 1.165) is 37.8 Å². The second-order valence-corrected chi connectivity index (χ2v) is 10.4. The Morgan fingerprint density at radius 1 is 1.09 bits per heavy atom. The molecule has 34 heavy (non-hydrogen) atoms. The second kappa shape index (κ2) is 10.4. The van der Waals surface area contributed by atoms with Crippen molar-refractivity contribution in [2.24, 2.45) is 11.8 Å². The monoisotopic (exact) mass is 472 g/mol. The Morgan fingerprint density at radius 3 is 2.35 bits per heavy atom. The summed E-state index contributed by atoms with van der Waals surface area (Å²) < 4.78 is 13.5. The first kappa shape index (κ1) is 24.6. The van der Waals surface area contributed by atoms with E-state index in [1.54, 1.807) is 12.1 Å². The molecule has 3 fully saturated rings. The summed E-state index contributed by atoms with van der Waals surface area (Å²) in [7, 11) is 3.93. The van der Waals surface area contributed by atoms with Gasteiger partial charge in [-0.05, 0) is 76.4 Å². The van der Waals surface area contributed by atoms with Crippen molar-refractivity contribution >= 4 is 17.8 Å². The van der Waals surface area contributed by atoms with Gasteiger partial charge in [-0.2, -0.15) is 0 Å². The van der Waals surface area contributed by atoms with E-state index in [1.165, 1.54) is 17.0 Å². The Bertz CT molecular complexity index is 892. The van der Waals surface area contributed by atoms with Crippen molar-refractivity contribution in [3.63, 3.8) is 0 Å². The van der Waals surface area contributed by atoms with Gasteiger partial charge in [0.25, 0.3) is 5.91 Å². The number of benzene rings is 1. The molecule has 7 nitrogen and oxygen atoms in total. The Kier molecular flexibility index (Phi) is 7.55. The highest BCUT2D eigenvalue weighted by molar-refractivity contribution is 6.07. The van der Waals surface area contributed by atoms with E-state index in [9.17, 15) is 18.8 Å². The van der Waals surface area contributed by atoms with E-state index >= 15 is 0 Å². The van der Waals surface area contributed by atoms with E-state index in [2.05, 4.69) is 5.32 Å². The molecule has 1 saturated carbocycles. The zero-order chi connectivity index (χ0) is 24.3. The lowest BCUT2D eigenvalue weighted by Gasteiger charge is -2.41. The molecule has 2 saturated heterocycles. The zero-order valence-corrected chi connectivity index (χ0v) is 20.4. The van der Waals surface area contributed by atoms with Crippen LogP contribution in [0.2, 0.25) is 0 Å². The molecule has 0 spiro atoms. The van der Waals surface area contributed by atoms with Crippen LogP contribution in [0.1, 0.15) is 50.5 Å². The third-order valence-corrected chi connectivity index (χ3v) is 7.79. The molecule has 0 aromatic heterocycles. The predicted molar refractivity (Wildman–Crippen MR) is 128 cm³/mol. The third-order valence-electron chi connectivity index (χ3n) is 7.79. The van der Waals surface area contributed by atoms with Crippen molar-refractivity contribution in [2.75, 3.05) is 40.3 Å². The molecular formula is C26H37FN4O3. The number of amides is 4. The smallest absolute Gasteiger partial charge is 0.325 e. The molecule has 1 aromatic rings. The Hall–Kier alpha value is -2.48. The number of imide groups is 1. The third kappa shape index (κ3) is 5.11. The summed E-state index contributed by atoms with van der Waals surface area (Å²) >= 11 is 0. The van der Waals surface area contributed by atoms with E-state index in [4.69, 9.17) is 0 Å². The van der Waals surface area contributed by atoms with E-state index in [-0.39, 0.29) is 35.5 Å². The topological polar surface area (TPSA) is 73.0 Å². The molecule has 1 aromatic carbocycles. The molecule has 0 radical (unpaired) electrons. The fourth-order valence-electron chi connectivity index (χ4n) is 5.88. The van der Waals surface area contributed by atoms with Crippen molar-refractivity contribution in [3.8, 4) is 0 Å². The molecule has 1 atom stereocenters. The van der Waals surface area contributed by atoms with Gasteiger partial charge in [0, 0.05) is 32.0 Å². The van der Waals surface area contributed by atoms with E-state index in [1.807, 2.05) is 23.9 Å². The van der Waals surface area contributed by atoms with Gasteiger partial charge in [-0.25, -0.2) is 9.18 Å². The summed E-state index contributed by atoms with van der Waals surface area (Å²) in [4.78, 5) is 45.0. The van der Waals surface area contributed by atoms with Gasteiger partial charge in [0.15, 0.2) is 0 Å². The summed E-state index contributed by atoms with van der Waals surface area (Å²) in [6.45, 7) is 2.36. The van der Waals surface area contributed by atoms with Crippen molar-refractivity contribution in [1.29, 1.82) is 0 Å². The van der Waals surface area contributed by atoms with E-state index in [0.29, 0.717) is 45.3 Å². The number of likely N-dealkylation sites (tertiary alicyclic amines) is 1. The highest BCUT2D eigenvalue weighted by Crippen LogP contribution is 2.37. The van der Waals surface area contributed by atoms with E-state index < -0.39 is 5.54 Å². The number of piperidine rings is 1. The molecule has 2 aliphatic heterocycles. The minimum atomic E-state index is -1.06. The van der Waals surface area contributed by atoms with Gasteiger partial charge in [0.05, 0.1) is 0 Å². The zero-order valence-electron chi connectivity index (χ0n) is 20.4. The van der Waals surface area contributed by atoms with Crippen LogP contribution >= 0.6 is 0 Å². The number of nitrogens with zero attached hydrogens (tertiary/aromatic N) is 3. The van der Waals surface area contributed by atoms with Gasteiger partial charge >= 0.3 is 6.03 Å². The second-order valence-electron chi connectivity index (χ2n) is 10.4. The lowest BCUT2D eigenvalue weighted by molar-refractivity contribution is -0.138.